The van der Waals surface area contributed by atoms with Gasteiger partial charge in [-0.05, 0) is 234 Å². The predicted molar refractivity (Wildman–Crippen MR) is 501 cm³/mol. The van der Waals surface area contributed by atoms with Crippen LogP contribution in [0.3, 0.4) is 0 Å². The SMILES string of the molecule is CC(C)(c1cc(Br)c(OCC(O)COc2ccccc2Cc2cccc(Cc3cccc(Cc4ccccc4OCC4CO4)c3OCC(O)COc3c(Br)cc(Br)cc3Br)c2OCC2CO2)c(Br)c1)c1cc(Br)c(OCC(O)COc2ccccc2Cc2cccc(Cc3cccc(Cc4ccccc4OCC4CO4)c3OCC3CO3)c2OCC2CO2)c(Br)c1. The maximum absolute atomic E-state index is 11.6. The monoisotopic (exact) mass is 2140 g/mol. The zero-order valence-electron chi connectivity index (χ0n) is 68.8. The van der Waals surface area contributed by atoms with E-state index in [0.717, 1.165) is 127 Å². The van der Waals surface area contributed by atoms with Gasteiger partial charge in [0, 0.05) is 48.4 Å². The molecule has 5 heterocycles. The van der Waals surface area contributed by atoms with Gasteiger partial charge in [0.15, 0.2) is 0 Å². The van der Waals surface area contributed by atoms with Gasteiger partial charge in [-0.3, -0.25) is 0 Å². The van der Waals surface area contributed by atoms with Crippen molar-refractivity contribution in [2.75, 3.05) is 106 Å². The molecular weight excluding hydrogens is 2050 g/mol. The van der Waals surface area contributed by atoms with Crippen molar-refractivity contribution in [3.8, 4) is 63.2 Å². The van der Waals surface area contributed by atoms with Crippen molar-refractivity contribution in [2.45, 2.75) is 107 Å². The third-order valence-corrected chi connectivity index (χ3v) is 25.9. The molecule has 0 bridgehead atoms. The summed E-state index contributed by atoms with van der Waals surface area (Å²) in [5.74, 6) is 7.44. The molecule has 125 heavy (non-hydrogen) atoms. The highest BCUT2D eigenvalue weighted by Crippen LogP contribution is 2.47. The van der Waals surface area contributed by atoms with Crippen LogP contribution in [-0.4, -0.2) is 170 Å². The van der Waals surface area contributed by atoms with Gasteiger partial charge in [-0.15, -0.1) is 0 Å². The van der Waals surface area contributed by atoms with E-state index in [1.165, 1.54) is 0 Å². The van der Waals surface area contributed by atoms with E-state index in [9.17, 15) is 15.3 Å². The lowest BCUT2D eigenvalue weighted by atomic mass is 9.78. The fourth-order valence-electron chi connectivity index (χ4n) is 14.7. The molecule has 0 amide bonds. The summed E-state index contributed by atoms with van der Waals surface area (Å²) >= 11 is 25.9. The molecule has 3 N–H and O–H groups in total. The standard InChI is InChI=1S/C99H95Br7O19/c1-99(2,72-39-84(103)97(85(104)40-72)121-47-75(108)44-116-89-28-8-4-16-60(89)32-65-21-13-25-69(94(65)124-57-80-52-113-80)36-70-26-14-22-66(95(70)125-58-81-53-114-81)34-62-18-6-10-30-91(62)118-55-78-50-111-78)71-37-82(101)96(83(102)38-71)120-46-74(107)43-115-88-27-7-3-15-59(88)31-64-20-12-24-68(93(64)123-56-79-51-112-79)35-67-23-11-19-63(33-61-17-5-9-29-90(61)117-54-77-49-110-77)92(67)119-45-76(109)48-122-98-86(105)41-73(100)42-87(98)106/h3-30,37-42,74-81,107-109H,31-36,43-58H2,1-2H3. The van der Waals surface area contributed by atoms with Crippen molar-refractivity contribution in [1.29, 1.82) is 0 Å². The van der Waals surface area contributed by atoms with Gasteiger partial charge in [0.25, 0.3) is 0 Å². The second-order valence-electron chi connectivity index (χ2n) is 32.1. The summed E-state index contributed by atoms with van der Waals surface area (Å²) in [5, 5.41) is 34.6. The Labute approximate surface area is 786 Å². The van der Waals surface area contributed by atoms with Gasteiger partial charge in [0.1, 0.15) is 185 Å². The highest BCUT2D eigenvalue weighted by Gasteiger charge is 2.33. The Bertz CT molecular complexity index is 5490. The largest absolute Gasteiger partial charge is 0.490 e. The van der Waals surface area contributed by atoms with E-state index in [4.69, 9.17) is 75.8 Å². The average molecular weight is 2150 g/mol. The van der Waals surface area contributed by atoms with Crippen molar-refractivity contribution < 1.29 is 91.1 Å². The number of hydrogen-bond acceptors (Lipinski definition) is 19. The lowest BCUT2D eigenvalue weighted by Crippen LogP contribution is -2.26. The fourth-order valence-corrected chi connectivity index (χ4v) is 20.0. The number of epoxide rings is 5. The molecule has 654 valence electrons. The summed E-state index contributed by atoms with van der Waals surface area (Å²) in [4.78, 5) is 0. The minimum Gasteiger partial charge on any atom is -0.490 e. The van der Waals surface area contributed by atoms with E-state index < -0.39 is 23.7 Å². The summed E-state index contributed by atoms with van der Waals surface area (Å²) in [6.45, 7) is 9.56. The lowest BCUT2D eigenvalue weighted by molar-refractivity contribution is 0.0615. The smallest absolute Gasteiger partial charge is 0.147 e. The predicted octanol–water partition coefficient (Wildman–Crippen LogP) is 20.2. The molecule has 19 nitrogen and oxygen atoms in total. The number of halogens is 7. The molecule has 11 aromatic rings. The van der Waals surface area contributed by atoms with E-state index in [1.54, 1.807) is 0 Å². The zero-order chi connectivity index (χ0) is 86.5. The van der Waals surface area contributed by atoms with Gasteiger partial charge in [0.05, 0.1) is 59.9 Å². The molecule has 11 aromatic carbocycles. The second kappa shape index (κ2) is 42.7. The third-order valence-electron chi connectivity index (χ3n) is 21.9. The number of ether oxygens (including phenoxy) is 16. The second-order valence-corrected chi connectivity index (χ2v) is 38.2. The Balaban J connectivity index is 0.538. The molecular formula is C99H95Br7O19. The van der Waals surface area contributed by atoms with Crippen molar-refractivity contribution in [3.63, 3.8) is 0 Å². The van der Waals surface area contributed by atoms with Crippen LogP contribution >= 0.6 is 112 Å². The fraction of sp³-hybridized carbons (Fsp3) is 0.333. The van der Waals surface area contributed by atoms with Crippen LogP contribution in [0.2, 0.25) is 0 Å². The van der Waals surface area contributed by atoms with Gasteiger partial charge in [-0.1, -0.05) is 175 Å². The Morgan fingerprint density at radius 2 is 0.464 bits per heavy atom. The first-order valence-electron chi connectivity index (χ1n) is 41.7. The zero-order valence-corrected chi connectivity index (χ0v) is 79.9. The van der Waals surface area contributed by atoms with Crippen LogP contribution < -0.4 is 52.1 Å². The molecule has 0 aliphatic carbocycles. The summed E-state index contributed by atoms with van der Waals surface area (Å²) < 4.78 is 104. The van der Waals surface area contributed by atoms with E-state index in [1.807, 2.05) is 140 Å². The summed E-state index contributed by atoms with van der Waals surface area (Å²) in [6, 6.07) is 68.6. The Morgan fingerprint density at radius 1 is 0.264 bits per heavy atom. The summed E-state index contributed by atoms with van der Waals surface area (Å²) in [5.41, 5.74) is 13.0. The topological polar surface area (TPSA) is 225 Å². The third kappa shape index (κ3) is 25.0. The Kier molecular flexibility index (Phi) is 30.9. The molecule has 5 aliphatic heterocycles. The number of hydrogen-bond donors (Lipinski definition) is 3. The van der Waals surface area contributed by atoms with Crippen LogP contribution in [0.25, 0.3) is 0 Å². The Morgan fingerprint density at radius 3 is 0.728 bits per heavy atom. The van der Waals surface area contributed by atoms with Crippen molar-refractivity contribution in [1.82, 2.24) is 0 Å². The van der Waals surface area contributed by atoms with Crippen LogP contribution in [0, 0.1) is 0 Å². The lowest BCUT2D eigenvalue weighted by Gasteiger charge is -2.28. The minimum absolute atomic E-state index is 0.0216. The van der Waals surface area contributed by atoms with Crippen LogP contribution in [0.4, 0.5) is 0 Å². The molecule has 26 heteroatoms. The number of rotatable bonds is 47. The molecule has 5 aliphatic rings. The molecule has 8 atom stereocenters. The minimum atomic E-state index is -1.02. The highest BCUT2D eigenvalue weighted by molar-refractivity contribution is 9.12. The maximum Gasteiger partial charge on any atom is 0.147 e. The van der Waals surface area contributed by atoms with Crippen LogP contribution in [0.1, 0.15) is 91.7 Å². The maximum atomic E-state index is 11.6. The average Bonchev–Trinajstić information content (AvgIpc) is 1.65. The number of benzene rings is 11. The number of aliphatic hydroxyl groups is 3. The van der Waals surface area contributed by atoms with Crippen molar-refractivity contribution >= 4 is 112 Å². The molecule has 5 saturated heterocycles. The molecule has 5 fully saturated rings. The number of aliphatic hydroxyl groups excluding tert-OH is 3. The van der Waals surface area contributed by atoms with Crippen LogP contribution in [0.5, 0.6) is 63.2 Å². The normalized spacial score (nSPS) is 17.3. The van der Waals surface area contributed by atoms with Gasteiger partial charge >= 0.3 is 0 Å². The van der Waals surface area contributed by atoms with Gasteiger partial charge in [-0.25, -0.2) is 0 Å². The van der Waals surface area contributed by atoms with Crippen molar-refractivity contribution in [3.05, 3.63) is 315 Å². The first kappa shape index (κ1) is 90.6. The molecule has 0 radical (unpaired) electrons. The van der Waals surface area contributed by atoms with Gasteiger partial charge in [-0.2, -0.15) is 0 Å². The number of para-hydroxylation sites is 8. The van der Waals surface area contributed by atoms with Gasteiger partial charge in [0.2, 0.25) is 0 Å². The first-order chi connectivity index (χ1) is 60.7. The Hall–Kier alpha value is -7.74. The summed E-state index contributed by atoms with van der Waals surface area (Å²) in [7, 11) is 0. The van der Waals surface area contributed by atoms with E-state index in [-0.39, 0.29) is 70.2 Å². The first-order valence-corrected chi connectivity index (χ1v) is 47.2. The van der Waals surface area contributed by atoms with E-state index >= 15 is 0 Å². The van der Waals surface area contributed by atoms with Gasteiger partial charge < -0.3 is 91.1 Å². The highest BCUT2D eigenvalue weighted by atomic mass is 79.9. The molecule has 0 aromatic heterocycles. The molecule has 0 saturated carbocycles. The van der Waals surface area contributed by atoms with E-state index in [2.05, 4.69) is 192 Å². The molecule has 8 unspecified atom stereocenters. The van der Waals surface area contributed by atoms with Crippen LogP contribution in [-0.2, 0) is 67.6 Å². The molecule has 0 spiro atoms. The quantitative estimate of drug-likeness (QED) is 0.0301. The van der Waals surface area contributed by atoms with Crippen molar-refractivity contribution in [2.24, 2.45) is 0 Å². The molecule has 16 rings (SSSR count). The van der Waals surface area contributed by atoms with E-state index in [0.29, 0.717) is 150 Å². The van der Waals surface area contributed by atoms with Crippen LogP contribution in [0.15, 0.2) is 238 Å². The summed E-state index contributed by atoms with van der Waals surface area (Å²) in [6.07, 6.45) is 0.328.